The summed E-state index contributed by atoms with van der Waals surface area (Å²) in [5.74, 6) is 3.38. The normalized spacial score (nSPS) is 20.5. The molecule has 3 aliphatic rings. The van der Waals surface area contributed by atoms with E-state index in [1.807, 2.05) is 14.1 Å². The fourth-order valence-electron chi connectivity index (χ4n) is 4.88. The minimum absolute atomic E-state index is 0.582. The number of imidazole rings is 1. The Bertz CT molecular complexity index is 810. The third kappa shape index (κ3) is 4.10. The van der Waals surface area contributed by atoms with Crippen LogP contribution in [0.4, 0.5) is 11.6 Å². The number of likely N-dealkylation sites (tertiary alicyclic amines) is 1. The lowest BCUT2D eigenvalue weighted by Gasteiger charge is -2.39. The molecule has 2 aromatic heterocycles. The predicted octanol–water partition coefficient (Wildman–Crippen LogP) is 2.71. The van der Waals surface area contributed by atoms with Crippen LogP contribution in [-0.4, -0.2) is 63.7 Å². The maximum atomic E-state index is 4.90. The molecule has 0 N–H and O–H groups in total. The van der Waals surface area contributed by atoms with Crippen LogP contribution in [0.1, 0.15) is 50.0 Å². The Morgan fingerprint density at radius 3 is 2.45 bits per heavy atom. The summed E-state index contributed by atoms with van der Waals surface area (Å²) in [4.78, 5) is 21.2. The number of aromatic nitrogens is 4. The molecule has 4 heterocycles. The number of aryl methyl sites for hydroxylation is 2. The molecule has 1 saturated carbocycles. The van der Waals surface area contributed by atoms with E-state index >= 15 is 0 Å². The third-order valence-electron chi connectivity index (χ3n) is 6.60. The van der Waals surface area contributed by atoms with Gasteiger partial charge in [-0.2, -0.15) is 0 Å². The second-order valence-electron chi connectivity index (χ2n) is 9.07. The van der Waals surface area contributed by atoms with Crippen LogP contribution in [0.15, 0.2) is 18.6 Å². The first-order chi connectivity index (χ1) is 14.2. The third-order valence-corrected chi connectivity index (χ3v) is 6.60. The van der Waals surface area contributed by atoms with Crippen LogP contribution < -0.4 is 9.80 Å². The molecule has 0 spiro atoms. The second-order valence-corrected chi connectivity index (χ2v) is 9.07. The Balaban J connectivity index is 1.23. The zero-order valence-electron chi connectivity index (χ0n) is 17.8. The predicted molar refractivity (Wildman–Crippen MR) is 115 cm³/mol. The number of nitrogens with zero attached hydrogens (tertiary/aromatic N) is 7. The van der Waals surface area contributed by atoms with E-state index < -0.39 is 0 Å². The molecule has 2 aliphatic heterocycles. The minimum Gasteiger partial charge on any atom is -0.363 e. The Hall–Kier alpha value is -2.15. The number of hydrogen-bond donors (Lipinski definition) is 0. The summed E-state index contributed by atoms with van der Waals surface area (Å²) < 4.78 is 2.37. The van der Waals surface area contributed by atoms with Crippen molar-refractivity contribution in [3.8, 4) is 0 Å². The van der Waals surface area contributed by atoms with Crippen molar-refractivity contribution < 1.29 is 0 Å². The molecule has 7 nitrogen and oxygen atoms in total. The molecule has 29 heavy (non-hydrogen) atoms. The highest BCUT2D eigenvalue weighted by molar-refractivity contribution is 5.51. The Kier molecular flexibility index (Phi) is 5.16. The maximum Gasteiger partial charge on any atom is 0.134 e. The number of fused-ring (bicyclic) bond motifs is 1. The average Bonchev–Trinajstić information content (AvgIpc) is 3.48. The van der Waals surface area contributed by atoms with Crippen LogP contribution >= 0.6 is 0 Å². The molecule has 0 radical (unpaired) electrons. The molecule has 0 bridgehead atoms. The van der Waals surface area contributed by atoms with E-state index in [1.54, 1.807) is 6.33 Å². The fraction of sp³-hybridized carbons (Fsp3) is 0.682. The summed E-state index contributed by atoms with van der Waals surface area (Å²) in [7, 11) is 4.08. The molecule has 7 heteroatoms. The lowest BCUT2D eigenvalue weighted by atomic mass is 10.0. The molecular formula is C22H33N7. The first kappa shape index (κ1) is 18.9. The SMILES string of the molecule is CN(C)c1cc(N(C2CC2)C2CCN(Cc3cn4c(n3)CCCC4)CC2)ncn1. The van der Waals surface area contributed by atoms with Gasteiger partial charge in [0.2, 0.25) is 0 Å². The first-order valence-corrected chi connectivity index (χ1v) is 11.2. The number of anilines is 2. The van der Waals surface area contributed by atoms with Crippen LogP contribution in [-0.2, 0) is 19.5 Å². The van der Waals surface area contributed by atoms with E-state index in [0.717, 1.165) is 44.2 Å². The van der Waals surface area contributed by atoms with Crippen LogP contribution in [0, 0.1) is 0 Å². The molecule has 5 rings (SSSR count). The van der Waals surface area contributed by atoms with Gasteiger partial charge in [-0.05, 0) is 38.5 Å². The van der Waals surface area contributed by atoms with Gasteiger partial charge in [-0.25, -0.2) is 15.0 Å². The molecule has 2 fully saturated rings. The van der Waals surface area contributed by atoms with Crippen molar-refractivity contribution in [2.75, 3.05) is 37.0 Å². The summed E-state index contributed by atoms with van der Waals surface area (Å²) in [6.07, 6.45) is 12.7. The van der Waals surface area contributed by atoms with E-state index in [0.29, 0.717) is 12.1 Å². The summed E-state index contributed by atoms with van der Waals surface area (Å²) in [5, 5.41) is 0. The van der Waals surface area contributed by atoms with Crippen molar-refractivity contribution in [2.45, 2.75) is 70.1 Å². The molecule has 2 aromatic rings. The summed E-state index contributed by atoms with van der Waals surface area (Å²) in [5.41, 5.74) is 1.26. The van der Waals surface area contributed by atoms with Gasteiger partial charge >= 0.3 is 0 Å². The zero-order valence-corrected chi connectivity index (χ0v) is 17.8. The highest BCUT2D eigenvalue weighted by Gasteiger charge is 2.36. The number of hydrogen-bond acceptors (Lipinski definition) is 6. The largest absolute Gasteiger partial charge is 0.363 e. The van der Waals surface area contributed by atoms with Crippen molar-refractivity contribution in [1.29, 1.82) is 0 Å². The molecule has 0 unspecified atom stereocenters. The Morgan fingerprint density at radius 2 is 1.72 bits per heavy atom. The summed E-state index contributed by atoms with van der Waals surface area (Å²) in [6, 6.07) is 3.40. The van der Waals surface area contributed by atoms with Gasteiger partial charge < -0.3 is 14.4 Å². The smallest absolute Gasteiger partial charge is 0.134 e. The number of rotatable bonds is 6. The van der Waals surface area contributed by atoms with Gasteiger partial charge in [0.1, 0.15) is 23.8 Å². The van der Waals surface area contributed by atoms with Gasteiger partial charge in [0, 0.05) is 71.0 Å². The van der Waals surface area contributed by atoms with E-state index in [4.69, 9.17) is 4.98 Å². The van der Waals surface area contributed by atoms with Crippen molar-refractivity contribution >= 4 is 11.6 Å². The molecule has 0 atom stereocenters. The summed E-state index contributed by atoms with van der Waals surface area (Å²) >= 11 is 0. The van der Waals surface area contributed by atoms with Gasteiger partial charge in [0.15, 0.2) is 0 Å². The quantitative estimate of drug-likeness (QED) is 0.750. The zero-order chi connectivity index (χ0) is 19.8. The first-order valence-electron chi connectivity index (χ1n) is 11.2. The van der Waals surface area contributed by atoms with Crippen molar-refractivity contribution in [1.82, 2.24) is 24.4 Å². The van der Waals surface area contributed by atoms with Crippen LogP contribution in [0.5, 0.6) is 0 Å². The van der Waals surface area contributed by atoms with Crippen molar-refractivity contribution in [2.24, 2.45) is 0 Å². The minimum atomic E-state index is 0.582. The van der Waals surface area contributed by atoms with Gasteiger partial charge in [-0.3, -0.25) is 4.90 Å². The maximum absolute atomic E-state index is 4.90. The van der Waals surface area contributed by atoms with Gasteiger partial charge in [-0.1, -0.05) is 0 Å². The number of piperidine rings is 1. The molecule has 1 saturated heterocycles. The molecule has 0 aromatic carbocycles. The molecule has 156 valence electrons. The topological polar surface area (TPSA) is 53.3 Å². The highest BCUT2D eigenvalue weighted by atomic mass is 15.3. The van der Waals surface area contributed by atoms with E-state index in [-0.39, 0.29) is 0 Å². The molecule has 0 amide bonds. The highest BCUT2D eigenvalue weighted by Crippen LogP contribution is 2.36. The van der Waals surface area contributed by atoms with Crippen LogP contribution in [0.25, 0.3) is 0 Å². The van der Waals surface area contributed by atoms with Gasteiger partial charge in [0.05, 0.1) is 5.69 Å². The Labute approximate surface area is 173 Å². The van der Waals surface area contributed by atoms with Crippen molar-refractivity contribution in [3.63, 3.8) is 0 Å². The summed E-state index contributed by atoms with van der Waals surface area (Å²) in [6.45, 7) is 4.42. The van der Waals surface area contributed by atoms with Crippen LogP contribution in [0.2, 0.25) is 0 Å². The average molecular weight is 396 g/mol. The molecular weight excluding hydrogens is 362 g/mol. The van der Waals surface area contributed by atoms with Gasteiger partial charge in [-0.15, -0.1) is 0 Å². The second kappa shape index (κ2) is 7.94. The van der Waals surface area contributed by atoms with E-state index in [9.17, 15) is 0 Å². The fourth-order valence-corrected chi connectivity index (χ4v) is 4.88. The van der Waals surface area contributed by atoms with E-state index in [2.05, 4.69) is 41.5 Å². The molecule has 1 aliphatic carbocycles. The van der Waals surface area contributed by atoms with Crippen LogP contribution in [0.3, 0.4) is 0 Å². The monoisotopic (exact) mass is 395 g/mol. The standard InChI is InChI=1S/C22H33N7/c1-26(2)21-13-22(24-16-23-21)29(18-6-7-18)19-8-11-27(12-9-19)14-17-15-28-10-4-3-5-20(28)25-17/h13,15-16,18-19H,3-12,14H2,1-2H3. The Morgan fingerprint density at radius 1 is 0.966 bits per heavy atom. The van der Waals surface area contributed by atoms with Crippen molar-refractivity contribution in [3.05, 3.63) is 30.1 Å². The lowest BCUT2D eigenvalue weighted by molar-refractivity contribution is 0.198. The van der Waals surface area contributed by atoms with Gasteiger partial charge in [0.25, 0.3) is 0 Å². The lowest BCUT2D eigenvalue weighted by Crippen LogP contribution is -2.46. The van der Waals surface area contributed by atoms with E-state index in [1.165, 1.54) is 50.0 Å².